The second-order valence-electron chi connectivity index (χ2n) is 7.92. The molecule has 146 valence electrons. The van der Waals surface area contributed by atoms with Gasteiger partial charge in [-0.25, -0.2) is 0 Å². The fourth-order valence-electron chi connectivity index (χ4n) is 4.12. The van der Waals surface area contributed by atoms with E-state index in [1.807, 2.05) is 18.2 Å². The lowest BCUT2D eigenvalue weighted by Gasteiger charge is -2.23. The van der Waals surface area contributed by atoms with Gasteiger partial charge in [-0.05, 0) is 68.8 Å². The van der Waals surface area contributed by atoms with Crippen LogP contribution in [0.25, 0.3) is 10.9 Å². The lowest BCUT2D eigenvalue weighted by Crippen LogP contribution is -2.23. The molecule has 3 aromatic rings. The van der Waals surface area contributed by atoms with E-state index in [2.05, 4.69) is 63.9 Å². The number of aromatic nitrogens is 1. The van der Waals surface area contributed by atoms with E-state index < -0.39 is 0 Å². The van der Waals surface area contributed by atoms with Crippen molar-refractivity contribution in [1.82, 2.24) is 9.47 Å². The molecule has 1 aliphatic rings. The third-order valence-corrected chi connectivity index (χ3v) is 6.39. The minimum absolute atomic E-state index is 0.0162. The quantitative estimate of drug-likeness (QED) is 0.464. The van der Waals surface area contributed by atoms with Crippen LogP contribution in [-0.2, 0) is 19.4 Å². The van der Waals surface area contributed by atoms with E-state index in [1.165, 1.54) is 11.1 Å². The van der Waals surface area contributed by atoms with Crippen LogP contribution in [0, 0.1) is 5.92 Å². The highest BCUT2D eigenvalue weighted by Gasteiger charge is 2.28. The summed E-state index contributed by atoms with van der Waals surface area (Å²) in [5.74, 6) is 0.268. The maximum absolute atomic E-state index is 13.5. The van der Waals surface area contributed by atoms with Gasteiger partial charge in [0.05, 0.1) is 0 Å². The van der Waals surface area contributed by atoms with Gasteiger partial charge in [-0.2, -0.15) is 0 Å². The number of halogens is 2. The minimum atomic E-state index is 0.0162. The maximum Gasteiger partial charge on any atom is 0.168 e. The van der Waals surface area contributed by atoms with Gasteiger partial charge in [0.15, 0.2) is 5.78 Å². The smallest absolute Gasteiger partial charge is 0.168 e. The second-order valence-corrected chi connectivity index (χ2v) is 9.27. The molecule has 3 nitrogen and oxygen atoms in total. The number of ketones is 1. The Morgan fingerprint density at radius 3 is 2.82 bits per heavy atom. The van der Waals surface area contributed by atoms with Crippen molar-refractivity contribution in [2.75, 3.05) is 20.6 Å². The van der Waals surface area contributed by atoms with Crippen LogP contribution in [0.3, 0.4) is 0 Å². The maximum atomic E-state index is 13.5. The standard InChI is InChI=1S/C23H24BrClN2O/c1-26(2)9-10-27-14-21(20-8-6-18(24)13-22(20)27)23(28)16-4-3-15-5-7-19(25)12-17(15)11-16/h5-8,12-14,16H,3-4,9-11H2,1-2H3. The Bertz CT molecular complexity index is 1040. The van der Waals surface area contributed by atoms with Gasteiger partial charge in [0.2, 0.25) is 0 Å². The Morgan fingerprint density at radius 2 is 2.04 bits per heavy atom. The van der Waals surface area contributed by atoms with Crippen LogP contribution in [0.4, 0.5) is 0 Å². The summed E-state index contributed by atoms with van der Waals surface area (Å²) in [5, 5.41) is 1.79. The molecule has 2 aromatic carbocycles. The number of carbonyl (C=O) groups is 1. The van der Waals surface area contributed by atoms with Crippen molar-refractivity contribution in [3.05, 3.63) is 68.8 Å². The van der Waals surface area contributed by atoms with Crippen molar-refractivity contribution in [2.45, 2.75) is 25.8 Å². The van der Waals surface area contributed by atoms with Gasteiger partial charge < -0.3 is 9.47 Å². The number of rotatable bonds is 5. The highest BCUT2D eigenvalue weighted by molar-refractivity contribution is 9.10. The van der Waals surface area contributed by atoms with Crippen LogP contribution in [0.1, 0.15) is 27.9 Å². The molecule has 1 atom stereocenters. The normalized spacial score (nSPS) is 16.5. The molecule has 4 rings (SSSR count). The Labute approximate surface area is 179 Å². The number of hydrogen-bond acceptors (Lipinski definition) is 2. The average Bonchev–Trinajstić information content (AvgIpc) is 3.02. The van der Waals surface area contributed by atoms with E-state index in [-0.39, 0.29) is 11.7 Å². The lowest BCUT2D eigenvalue weighted by atomic mass is 9.80. The number of aryl methyl sites for hydroxylation is 1. The fourth-order valence-corrected chi connectivity index (χ4v) is 4.67. The number of fused-ring (bicyclic) bond motifs is 2. The fraction of sp³-hybridized carbons (Fsp3) is 0.348. The summed E-state index contributed by atoms with van der Waals surface area (Å²) in [7, 11) is 4.14. The number of hydrogen-bond donors (Lipinski definition) is 0. The van der Waals surface area contributed by atoms with Crippen molar-refractivity contribution in [1.29, 1.82) is 0 Å². The molecule has 0 radical (unpaired) electrons. The summed E-state index contributed by atoms with van der Waals surface area (Å²) in [4.78, 5) is 15.6. The van der Waals surface area contributed by atoms with Crippen molar-refractivity contribution in [2.24, 2.45) is 5.92 Å². The number of likely N-dealkylation sites (N-methyl/N-ethyl adjacent to an activating group) is 1. The SMILES string of the molecule is CN(C)CCn1cc(C(=O)C2CCc3ccc(Cl)cc3C2)c2ccc(Br)cc21. The zero-order valence-electron chi connectivity index (χ0n) is 16.2. The van der Waals surface area contributed by atoms with E-state index in [0.29, 0.717) is 0 Å². The first-order valence-electron chi connectivity index (χ1n) is 9.67. The number of carbonyl (C=O) groups excluding carboxylic acids is 1. The minimum Gasteiger partial charge on any atom is -0.345 e. The Balaban J connectivity index is 1.67. The number of benzene rings is 2. The molecule has 0 fully saturated rings. The third-order valence-electron chi connectivity index (χ3n) is 5.67. The molecule has 0 bridgehead atoms. The molecule has 28 heavy (non-hydrogen) atoms. The highest BCUT2D eigenvalue weighted by Crippen LogP contribution is 2.33. The first kappa shape index (κ1) is 19.7. The van der Waals surface area contributed by atoms with Gasteiger partial charge in [-0.15, -0.1) is 0 Å². The molecule has 0 N–H and O–H groups in total. The van der Waals surface area contributed by atoms with E-state index in [9.17, 15) is 4.79 Å². The Morgan fingerprint density at radius 1 is 1.21 bits per heavy atom. The molecule has 1 unspecified atom stereocenters. The number of nitrogens with zero attached hydrogens (tertiary/aromatic N) is 2. The van der Waals surface area contributed by atoms with E-state index in [4.69, 9.17) is 11.6 Å². The molecule has 1 heterocycles. The van der Waals surface area contributed by atoms with Crippen molar-refractivity contribution in [3.8, 4) is 0 Å². The zero-order valence-corrected chi connectivity index (χ0v) is 18.6. The monoisotopic (exact) mass is 458 g/mol. The van der Waals surface area contributed by atoms with Crippen molar-refractivity contribution < 1.29 is 4.79 Å². The molecule has 5 heteroatoms. The number of Topliss-reactive ketones (excluding diaryl/α,β-unsaturated/α-hetero) is 1. The molecule has 1 aromatic heterocycles. The van der Waals surface area contributed by atoms with Crippen LogP contribution in [0.5, 0.6) is 0 Å². The zero-order chi connectivity index (χ0) is 19.8. The van der Waals surface area contributed by atoms with Crippen molar-refractivity contribution in [3.63, 3.8) is 0 Å². The van der Waals surface area contributed by atoms with Gasteiger partial charge in [0, 0.05) is 51.2 Å². The predicted molar refractivity (Wildman–Crippen MR) is 119 cm³/mol. The van der Waals surface area contributed by atoms with Gasteiger partial charge in [0.25, 0.3) is 0 Å². The Kier molecular flexibility index (Phi) is 5.64. The first-order valence-corrected chi connectivity index (χ1v) is 10.8. The summed E-state index contributed by atoms with van der Waals surface area (Å²) < 4.78 is 3.24. The van der Waals surface area contributed by atoms with Gasteiger partial charge >= 0.3 is 0 Å². The average molecular weight is 460 g/mol. The largest absolute Gasteiger partial charge is 0.345 e. The Hall–Kier alpha value is -1.62. The van der Waals surface area contributed by atoms with Crippen LogP contribution in [0.2, 0.25) is 5.02 Å². The topological polar surface area (TPSA) is 25.2 Å². The molecule has 0 saturated heterocycles. The van der Waals surface area contributed by atoms with Crippen molar-refractivity contribution >= 4 is 44.2 Å². The summed E-state index contributed by atoms with van der Waals surface area (Å²) >= 11 is 9.75. The van der Waals surface area contributed by atoms with Crippen LogP contribution < -0.4 is 0 Å². The van der Waals surface area contributed by atoms with Crippen LogP contribution in [-0.4, -0.2) is 35.9 Å². The second kappa shape index (κ2) is 8.02. The lowest BCUT2D eigenvalue weighted by molar-refractivity contribution is 0.0910. The summed E-state index contributed by atoms with van der Waals surface area (Å²) in [6.07, 6.45) is 4.66. The predicted octanol–water partition coefficient (Wildman–Crippen LogP) is 5.61. The first-order chi connectivity index (χ1) is 13.4. The van der Waals surface area contributed by atoms with E-state index in [0.717, 1.165) is 58.3 Å². The molecule has 0 spiro atoms. The van der Waals surface area contributed by atoms with Gasteiger partial charge in [-0.1, -0.05) is 39.7 Å². The molecular formula is C23H24BrClN2O. The van der Waals surface area contributed by atoms with E-state index in [1.54, 1.807) is 0 Å². The molecule has 0 amide bonds. The molecule has 1 aliphatic carbocycles. The van der Waals surface area contributed by atoms with Gasteiger partial charge in [-0.3, -0.25) is 4.79 Å². The molecule has 0 saturated carbocycles. The summed E-state index contributed by atoms with van der Waals surface area (Å²) in [6, 6.07) is 12.3. The third kappa shape index (κ3) is 3.91. The summed E-state index contributed by atoms with van der Waals surface area (Å²) in [5.41, 5.74) is 4.50. The van der Waals surface area contributed by atoms with Gasteiger partial charge in [0.1, 0.15) is 0 Å². The highest BCUT2D eigenvalue weighted by atomic mass is 79.9. The molecule has 0 aliphatic heterocycles. The van der Waals surface area contributed by atoms with E-state index >= 15 is 0 Å². The van der Waals surface area contributed by atoms with Crippen LogP contribution in [0.15, 0.2) is 47.1 Å². The summed E-state index contributed by atoms with van der Waals surface area (Å²) in [6.45, 7) is 1.79. The van der Waals surface area contributed by atoms with Crippen LogP contribution >= 0.6 is 27.5 Å². The molecular weight excluding hydrogens is 436 g/mol.